The zero-order valence-corrected chi connectivity index (χ0v) is 16.7. The van der Waals surface area contributed by atoms with E-state index in [4.69, 9.17) is 10.2 Å². The van der Waals surface area contributed by atoms with Crippen LogP contribution in [-0.2, 0) is 17.9 Å². The maximum Gasteiger partial charge on any atom is 0.330 e. The molecule has 0 aliphatic rings. The molecule has 8 heteroatoms. The largest absolute Gasteiger partial charge is 0.467 e. The van der Waals surface area contributed by atoms with Gasteiger partial charge in [-0.05, 0) is 30.2 Å². The summed E-state index contributed by atoms with van der Waals surface area (Å²) in [6.45, 7) is 2.31. The van der Waals surface area contributed by atoms with E-state index in [0.717, 1.165) is 12.0 Å². The monoisotopic (exact) mass is 408 g/mol. The van der Waals surface area contributed by atoms with Crippen LogP contribution < -0.4 is 21.9 Å². The quantitative estimate of drug-likeness (QED) is 0.556. The Hall–Kier alpha value is -3.81. The Kier molecular flexibility index (Phi) is 6.69. The van der Waals surface area contributed by atoms with Crippen molar-refractivity contribution in [3.63, 3.8) is 0 Å². The fourth-order valence-corrected chi connectivity index (χ4v) is 3.02. The second-order valence-electron chi connectivity index (χ2n) is 6.75. The number of carbonyl (C=O) groups excluding carboxylic acids is 1. The SMILES string of the molecule is CCCCn1c(N)c(N(Cc2ccco2)C(=O)/C=C/c2ccccc2)c(=O)[nH]c1=O. The number of furan rings is 1. The first kappa shape index (κ1) is 20.9. The molecule has 0 spiro atoms. The minimum absolute atomic E-state index is 0.00970. The lowest BCUT2D eigenvalue weighted by atomic mass is 10.2. The normalized spacial score (nSPS) is 11.1. The maximum atomic E-state index is 13.1. The van der Waals surface area contributed by atoms with Gasteiger partial charge in [-0.3, -0.25) is 24.0 Å². The summed E-state index contributed by atoms with van der Waals surface area (Å²) in [5.74, 6) is -0.0417. The molecular weight excluding hydrogens is 384 g/mol. The molecule has 0 saturated heterocycles. The van der Waals surface area contributed by atoms with E-state index in [0.29, 0.717) is 18.7 Å². The second kappa shape index (κ2) is 9.60. The number of unbranched alkanes of at least 4 members (excludes halogenated alkanes) is 1. The van der Waals surface area contributed by atoms with Crippen molar-refractivity contribution in [2.24, 2.45) is 0 Å². The second-order valence-corrected chi connectivity index (χ2v) is 6.75. The van der Waals surface area contributed by atoms with E-state index < -0.39 is 17.2 Å². The van der Waals surface area contributed by atoms with E-state index in [1.165, 1.54) is 21.8 Å². The van der Waals surface area contributed by atoms with E-state index in [2.05, 4.69) is 4.98 Å². The molecule has 0 radical (unpaired) electrons. The topological polar surface area (TPSA) is 114 Å². The number of hydrogen-bond donors (Lipinski definition) is 2. The van der Waals surface area contributed by atoms with Gasteiger partial charge in [0.2, 0.25) is 0 Å². The molecule has 3 aromatic rings. The third-order valence-electron chi connectivity index (χ3n) is 4.60. The highest BCUT2D eigenvalue weighted by Gasteiger charge is 2.24. The van der Waals surface area contributed by atoms with Gasteiger partial charge in [0.05, 0.1) is 12.8 Å². The molecule has 0 atom stereocenters. The van der Waals surface area contributed by atoms with Gasteiger partial charge in [0.15, 0.2) is 5.69 Å². The first-order valence-electron chi connectivity index (χ1n) is 9.71. The summed E-state index contributed by atoms with van der Waals surface area (Å²) in [5.41, 5.74) is 5.63. The summed E-state index contributed by atoms with van der Waals surface area (Å²) in [4.78, 5) is 41.4. The number of aromatic nitrogens is 2. The van der Waals surface area contributed by atoms with Crippen molar-refractivity contribution in [1.82, 2.24) is 9.55 Å². The van der Waals surface area contributed by atoms with Gasteiger partial charge in [-0.1, -0.05) is 43.7 Å². The summed E-state index contributed by atoms with van der Waals surface area (Å²) in [5, 5.41) is 0. The molecule has 8 nitrogen and oxygen atoms in total. The number of hydrogen-bond acceptors (Lipinski definition) is 5. The number of benzene rings is 1. The average molecular weight is 408 g/mol. The molecule has 0 saturated carbocycles. The number of nitrogens with two attached hydrogens (primary N) is 1. The summed E-state index contributed by atoms with van der Waals surface area (Å²) in [6, 6.07) is 12.7. The number of nitrogen functional groups attached to an aromatic ring is 1. The predicted molar refractivity (Wildman–Crippen MR) is 116 cm³/mol. The molecule has 2 aromatic heterocycles. The van der Waals surface area contributed by atoms with Crippen LogP contribution in [0.25, 0.3) is 6.08 Å². The van der Waals surface area contributed by atoms with Gasteiger partial charge < -0.3 is 10.2 Å². The molecule has 2 heterocycles. The lowest BCUT2D eigenvalue weighted by Crippen LogP contribution is -2.40. The fourth-order valence-electron chi connectivity index (χ4n) is 3.02. The number of aromatic amines is 1. The van der Waals surface area contributed by atoms with Crippen LogP contribution in [-0.4, -0.2) is 15.5 Å². The van der Waals surface area contributed by atoms with Crippen molar-refractivity contribution in [1.29, 1.82) is 0 Å². The van der Waals surface area contributed by atoms with Crippen molar-refractivity contribution >= 4 is 23.5 Å². The molecular formula is C22H24N4O4. The van der Waals surface area contributed by atoms with Gasteiger partial charge >= 0.3 is 5.69 Å². The molecule has 156 valence electrons. The predicted octanol–water partition coefficient (Wildman–Crippen LogP) is 2.76. The standard InChI is InChI=1S/C22H24N4O4/c1-2-3-13-25-20(23)19(21(28)24-22(25)29)26(15-17-10-7-14-30-17)18(27)12-11-16-8-5-4-6-9-16/h4-12,14H,2-3,13,15,23H2,1H3,(H,24,28,29)/b12-11+. The highest BCUT2D eigenvalue weighted by Crippen LogP contribution is 2.21. The Bertz CT molecular complexity index is 1130. The Morgan fingerprint density at radius 3 is 2.63 bits per heavy atom. The Balaban J connectivity index is 2.04. The van der Waals surface area contributed by atoms with Gasteiger partial charge in [-0.2, -0.15) is 0 Å². The third kappa shape index (κ3) is 4.78. The number of nitrogens with one attached hydrogen (secondary N) is 1. The molecule has 0 unspecified atom stereocenters. The molecule has 0 aliphatic carbocycles. The van der Waals surface area contributed by atoms with Crippen LogP contribution in [0.4, 0.5) is 11.5 Å². The Morgan fingerprint density at radius 2 is 1.97 bits per heavy atom. The highest BCUT2D eigenvalue weighted by molar-refractivity contribution is 6.04. The van der Waals surface area contributed by atoms with Crippen LogP contribution in [0, 0.1) is 0 Å². The van der Waals surface area contributed by atoms with Crippen molar-refractivity contribution in [3.8, 4) is 0 Å². The lowest BCUT2D eigenvalue weighted by molar-refractivity contribution is -0.114. The third-order valence-corrected chi connectivity index (χ3v) is 4.60. The number of amides is 1. The first-order chi connectivity index (χ1) is 14.5. The molecule has 1 aromatic carbocycles. The van der Waals surface area contributed by atoms with Crippen LogP contribution in [0.5, 0.6) is 0 Å². The summed E-state index contributed by atoms with van der Waals surface area (Å²) >= 11 is 0. The fraction of sp³-hybridized carbons (Fsp3) is 0.227. The lowest BCUT2D eigenvalue weighted by Gasteiger charge is -2.22. The first-order valence-corrected chi connectivity index (χ1v) is 9.71. The van der Waals surface area contributed by atoms with E-state index in [1.807, 2.05) is 37.3 Å². The van der Waals surface area contributed by atoms with Gasteiger partial charge in [0.25, 0.3) is 11.5 Å². The Labute approximate surface area is 173 Å². The molecule has 0 bridgehead atoms. The van der Waals surface area contributed by atoms with Crippen molar-refractivity contribution < 1.29 is 9.21 Å². The summed E-state index contributed by atoms with van der Waals surface area (Å²) < 4.78 is 6.64. The number of anilines is 2. The highest BCUT2D eigenvalue weighted by atomic mass is 16.3. The zero-order valence-electron chi connectivity index (χ0n) is 16.7. The van der Waals surface area contributed by atoms with Gasteiger partial charge in [-0.15, -0.1) is 0 Å². The molecule has 3 rings (SSSR count). The van der Waals surface area contributed by atoms with Crippen LogP contribution in [0.15, 0.2) is 68.8 Å². The molecule has 0 fully saturated rings. The maximum absolute atomic E-state index is 13.1. The minimum Gasteiger partial charge on any atom is -0.467 e. The van der Waals surface area contributed by atoms with Crippen LogP contribution in [0.1, 0.15) is 31.1 Å². The van der Waals surface area contributed by atoms with Crippen LogP contribution in [0.2, 0.25) is 0 Å². The van der Waals surface area contributed by atoms with Crippen LogP contribution in [0.3, 0.4) is 0 Å². The van der Waals surface area contributed by atoms with Gasteiger partial charge in [-0.25, -0.2) is 4.79 Å². The summed E-state index contributed by atoms with van der Waals surface area (Å²) in [6.07, 6.45) is 6.03. The zero-order chi connectivity index (χ0) is 21.5. The molecule has 1 amide bonds. The summed E-state index contributed by atoms with van der Waals surface area (Å²) in [7, 11) is 0. The van der Waals surface area contributed by atoms with Crippen molar-refractivity contribution in [2.45, 2.75) is 32.9 Å². The number of rotatable bonds is 8. The van der Waals surface area contributed by atoms with Crippen LogP contribution >= 0.6 is 0 Å². The smallest absolute Gasteiger partial charge is 0.330 e. The van der Waals surface area contributed by atoms with E-state index in [9.17, 15) is 14.4 Å². The Morgan fingerprint density at radius 1 is 1.20 bits per heavy atom. The van der Waals surface area contributed by atoms with E-state index in [-0.39, 0.29) is 18.1 Å². The van der Waals surface area contributed by atoms with Crippen molar-refractivity contribution in [2.75, 3.05) is 10.6 Å². The number of nitrogens with zero attached hydrogens (tertiary/aromatic N) is 2. The van der Waals surface area contributed by atoms with Gasteiger partial charge in [0, 0.05) is 12.6 Å². The van der Waals surface area contributed by atoms with E-state index >= 15 is 0 Å². The molecule has 0 aliphatic heterocycles. The number of H-pyrrole nitrogens is 1. The average Bonchev–Trinajstić information content (AvgIpc) is 3.25. The molecule has 3 N–H and O–H groups in total. The van der Waals surface area contributed by atoms with E-state index in [1.54, 1.807) is 18.2 Å². The molecule has 30 heavy (non-hydrogen) atoms. The minimum atomic E-state index is -0.724. The van der Waals surface area contributed by atoms with Gasteiger partial charge in [0.1, 0.15) is 11.6 Å². The van der Waals surface area contributed by atoms with Crippen molar-refractivity contribution in [3.05, 3.63) is 87.0 Å². The number of carbonyl (C=O) groups is 1.